The van der Waals surface area contributed by atoms with E-state index in [4.69, 9.17) is 14.7 Å². The minimum atomic E-state index is -0.562. The molecule has 0 spiro atoms. The van der Waals surface area contributed by atoms with Crippen molar-refractivity contribution >= 4 is 27.5 Å². The van der Waals surface area contributed by atoms with Gasteiger partial charge in [0.1, 0.15) is 22.9 Å². The van der Waals surface area contributed by atoms with E-state index in [9.17, 15) is 5.11 Å². The zero-order chi connectivity index (χ0) is 31.2. The van der Waals surface area contributed by atoms with Crippen molar-refractivity contribution < 1.29 is 18.6 Å². The molecule has 46 heavy (non-hydrogen) atoms. The van der Waals surface area contributed by atoms with E-state index in [-0.39, 0.29) is 33.8 Å². The molecule has 9 heteroatoms. The van der Waals surface area contributed by atoms with Crippen LogP contribution in [0.5, 0.6) is 11.8 Å². The maximum Gasteiger partial charge on any atom is 0.319 e. The summed E-state index contributed by atoms with van der Waals surface area (Å²) in [5.74, 6) is 6.99. The molecule has 3 aromatic carbocycles. The van der Waals surface area contributed by atoms with Crippen molar-refractivity contribution in [3.8, 4) is 34.7 Å². The number of nitrogens with one attached hydrogen (secondary N) is 1. The van der Waals surface area contributed by atoms with E-state index in [1.807, 2.05) is 6.07 Å². The molecule has 0 amide bonds. The quantitative estimate of drug-likeness (QED) is 0.251. The molecule has 4 atom stereocenters. The number of piperidine rings is 1. The second-order valence-electron chi connectivity index (χ2n) is 14.3. The molecule has 5 aliphatic rings. The van der Waals surface area contributed by atoms with Gasteiger partial charge >= 0.3 is 6.01 Å². The number of anilines is 1. The Labute approximate surface area is 267 Å². The molecule has 4 heterocycles. The van der Waals surface area contributed by atoms with E-state index < -0.39 is 11.6 Å². The molecule has 236 valence electrons. The van der Waals surface area contributed by atoms with Crippen LogP contribution in [0.3, 0.4) is 0 Å². The molecule has 3 saturated heterocycles. The van der Waals surface area contributed by atoms with E-state index in [0.29, 0.717) is 46.2 Å². The molecule has 9 rings (SSSR count). The van der Waals surface area contributed by atoms with Crippen molar-refractivity contribution in [1.82, 2.24) is 20.2 Å². The van der Waals surface area contributed by atoms with Gasteiger partial charge in [-0.05, 0) is 86.1 Å². The summed E-state index contributed by atoms with van der Waals surface area (Å²) in [6.45, 7) is 7.13. The fourth-order valence-corrected chi connectivity index (χ4v) is 8.34. The normalized spacial score (nSPS) is 25.8. The Morgan fingerprint density at radius 2 is 1.78 bits per heavy atom. The van der Waals surface area contributed by atoms with Gasteiger partial charge in [0, 0.05) is 66.6 Å². The monoisotopic (exact) mass is 621 g/mol. The van der Waals surface area contributed by atoms with Gasteiger partial charge in [0.15, 0.2) is 5.82 Å². The van der Waals surface area contributed by atoms with Crippen LogP contribution in [0.4, 0.5) is 14.6 Å². The lowest BCUT2D eigenvalue weighted by molar-refractivity contribution is 0.163. The lowest BCUT2D eigenvalue weighted by Gasteiger charge is -2.34. The molecule has 2 saturated carbocycles. The van der Waals surface area contributed by atoms with Gasteiger partial charge in [-0.3, -0.25) is 0 Å². The topological polar surface area (TPSA) is 73.8 Å². The van der Waals surface area contributed by atoms with E-state index in [1.165, 1.54) is 31.6 Å². The van der Waals surface area contributed by atoms with Crippen molar-refractivity contribution in [2.45, 2.75) is 51.1 Å². The number of hydrogen-bond donors (Lipinski definition) is 2. The van der Waals surface area contributed by atoms with Crippen LogP contribution in [-0.4, -0.2) is 71.4 Å². The summed E-state index contributed by atoms with van der Waals surface area (Å²) in [5.41, 5.74) is 0.994. The standard InChI is InChI=1S/C37H37F2N5O2/c1-2-3-28-31(38)9-4-21-13-26(45)14-30(32(21)28)27-7-8-29-34(33(27)39)41-36(42-35(29)44-17-24-5-6-25(18-44)40-24)46-20-37(10-11-37)19-43-15-22-12-23(22)16-43/h4,7-9,13-14,22-25,40,45H,5-6,10-12,15-20H2,1H3. The Morgan fingerprint density at radius 1 is 1.00 bits per heavy atom. The minimum absolute atomic E-state index is 0.0438. The molecule has 7 nitrogen and oxygen atoms in total. The highest BCUT2D eigenvalue weighted by Crippen LogP contribution is 2.51. The average Bonchev–Trinajstić information content (AvgIpc) is 3.92. The first-order valence-corrected chi connectivity index (χ1v) is 16.6. The molecule has 2 bridgehead atoms. The predicted octanol–water partition coefficient (Wildman–Crippen LogP) is 5.86. The first-order chi connectivity index (χ1) is 22.4. The number of aromatic hydroxyl groups is 1. The van der Waals surface area contributed by atoms with Gasteiger partial charge in [-0.2, -0.15) is 9.97 Å². The minimum Gasteiger partial charge on any atom is -0.508 e. The van der Waals surface area contributed by atoms with Gasteiger partial charge in [-0.1, -0.05) is 18.1 Å². The number of hydrogen-bond acceptors (Lipinski definition) is 7. The fraction of sp³-hybridized carbons (Fsp3) is 0.459. The number of halogens is 2. The van der Waals surface area contributed by atoms with Crippen molar-refractivity contribution in [2.24, 2.45) is 17.3 Å². The Hall–Kier alpha value is -4.00. The number of nitrogens with zero attached hydrogens (tertiary/aromatic N) is 4. The number of aromatic nitrogens is 2. The third kappa shape index (κ3) is 4.85. The molecule has 4 aromatic rings. The lowest BCUT2D eigenvalue weighted by Crippen LogP contribution is -2.51. The molecule has 0 radical (unpaired) electrons. The molecule has 1 aromatic heterocycles. The van der Waals surface area contributed by atoms with Crippen LogP contribution in [-0.2, 0) is 0 Å². The van der Waals surface area contributed by atoms with Gasteiger partial charge in [-0.15, -0.1) is 5.92 Å². The predicted molar refractivity (Wildman–Crippen MR) is 174 cm³/mol. The van der Waals surface area contributed by atoms with E-state index in [0.717, 1.165) is 57.2 Å². The number of rotatable bonds is 7. The summed E-state index contributed by atoms with van der Waals surface area (Å²) in [4.78, 5) is 14.5. The summed E-state index contributed by atoms with van der Waals surface area (Å²) in [7, 11) is 0. The van der Waals surface area contributed by atoms with Crippen molar-refractivity contribution in [3.63, 3.8) is 0 Å². The molecule has 2 aliphatic carbocycles. The molecular weight excluding hydrogens is 584 g/mol. The number of fused-ring (bicyclic) bond motifs is 5. The van der Waals surface area contributed by atoms with E-state index in [2.05, 4.69) is 27.0 Å². The lowest BCUT2D eigenvalue weighted by atomic mass is 9.93. The third-order valence-electron chi connectivity index (χ3n) is 11.0. The smallest absolute Gasteiger partial charge is 0.319 e. The van der Waals surface area contributed by atoms with Gasteiger partial charge in [-0.25, -0.2) is 8.78 Å². The van der Waals surface area contributed by atoms with Gasteiger partial charge in [0.2, 0.25) is 0 Å². The van der Waals surface area contributed by atoms with E-state index in [1.54, 1.807) is 25.1 Å². The second-order valence-corrected chi connectivity index (χ2v) is 14.3. The van der Waals surface area contributed by atoms with Crippen molar-refractivity contribution in [2.75, 3.05) is 44.2 Å². The van der Waals surface area contributed by atoms with Gasteiger partial charge in [0.05, 0.1) is 12.2 Å². The van der Waals surface area contributed by atoms with Gasteiger partial charge < -0.3 is 25.0 Å². The Kier molecular flexibility index (Phi) is 6.45. The Bertz CT molecular complexity index is 1950. The largest absolute Gasteiger partial charge is 0.508 e. The van der Waals surface area contributed by atoms with Crippen LogP contribution >= 0.6 is 0 Å². The number of phenols is 1. The molecule has 2 N–H and O–H groups in total. The van der Waals surface area contributed by atoms with Crippen LogP contribution in [0.1, 0.15) is 44.6 Å². The molecular formula is C37H37F2N5O2. The van der Waals surface area contributed by atoms with Crippen LogP contribution in [0.25, 0.3) is 32.8 Å². The summed E-state index contributed by atoms with van der Waals surface area (Å²) in [6, 6.07) is 10.4. The second kappa shape index (κ2) is 10.5. The first kappa shape index (κ1) is 28.2. The van der Waals surface area contributed by atoms with Crippen LogP contribution in [0.2, 0.25) is 0 Å². The summed E-state index contributed by atoms with van der Waals surface area (Å²) >= 11 is 0. The SMILES string of the molecule is CC#Cc1c(F)ccc2cc(O)cc(-c3ccc4c(N5CC6CCC(C5)N6)nc(OCC5(CN6CC7CC7C6)CC5)nc4c3F)c12. The van der Waals surface area contributed by atoms with Crippen molar-refractivity contribution in [3.05, 3.63) is 53.6 Å². The number of likely N-dealkylation sites (tertiary alicyclic amines) is 1. The maximum absolute atomic E-state index is 16.9. The van der Waals surface area contributed by atoms with Crippen LogP contribution in [0, 0.1) is 40.7 Å². The maximum atomic E-state index is 16.9. The van der Waals surface area contributed by atoms with Crippen LogP contribution in [0.15, 0.2) is 36.4 Å². The first-order valence-electron chi connectivity index (χ1n) is 16.6. The van der Waals surface area contributed by atoms with Crippen LogP contribution < -0.4 is 15.0 Å². The van der Waals surface area contributed by atoms with E-state index >= 15 is 8.78 Å². The number of benzene rings is 3. The highest BCUT2D eigenvalue weighted by atomic mass is 19.1. The molecule has 5 fully saturated rings. The zero-order valence-corrected chi connectivity index (χ0v) is 26.0. The number of phenolic OH excluding ortho intramolecular Hbond substituents is 1. The molecule has 3 aliphatic heterocycles. The summed E-state index contributed by atoms with van der Waals surface area (Å²) in [5, 5.41) is 15.9. The Morgan fingerprint density at radius 3 is 2.52 bits per heavy atom. The Balaban J connectivity index is 1.14. The van der Waals surface area contributed by atoms with Crippen molar-refractivity contribution in [1.29, 1.82) is 0 Å². The number of ether oxygens (including phenoxy) is 1. The highest BCUT2D eigenvalue weighted by Gasteiger charge is 2.50. The summed E-state index contributed by atoms with van der Waals surface area (Å²) < 4.78 is 38.4. The average molecular weight is 622 g/mol. The molecule has 4 unspecified atom stereocenters. The van der Waals surface area contributed by atoms with Gasteiger partial charge in [0.25, 0.3) is 0 Å². The highest BCUT2D eigenvalue weighted by molar-refractivity contribution is 6.04. The zero-order valence-electron chi connectivity index (χ0n) is 26.0. The fourth-order valence-electron chi connectivity index (χ4n) is 8.34. The summed E-state index contributed by atoms with van der Waals surface area (Å²) in [6.07, 6.45) is 5.83. The number of piperazine rings is 1. The third-order valence-corrected chi connectivity index (χ3v) is 11.0.